The molecule has 2 rings (SSSR count). The summed E-state index contributed by atoms with van der Waals surface area (Å²) in [7, 11) is 0. The van der Waals surface area contributed by atoms with E-state index in [-0.39, 0.29) is 19.1 Å². The lowest BCUT2D eigenvalue weighted by atomic mass is 9.77. The van der Waals surface area contributed by atoms with E-state index in [0.717, 1.165) is 25.0 Å². The molecule has 5 nitrogen and oxygen atoms in total. The maximum absolute atomic E-state index is 11.8. The summed E-state index contributed by atoms with van der Waals surface area (Å²) < 4.78 is 10.7. The second-order valence-corrected chi connectivity index (χ2v) is 5.03. The summed E-state index contributed by atoms with van der Waals surface area (Å²) >= 11 is 0. The molecular formula is C15H21NO4. The van der Waals surface area contributed by atoms with Gasteiger partial charge in [-0.15, -0.1) is 0 Å². The van der Waals surface area contributed by atoms with Crippen molar-refractivity contribution in [2.24, 2.45) is 0 Å². The molecule has 1 fully saturated rings. The number of nitrogens with one attached hydrogen (secondary N) is 1. The summed E-state index contributed by atoms with van der Waals surface area (Å²) in [6.07, 6.45) is 2.71. The quantitative estimate of drug-likeness (QED) is 0.793. The smallest absolute Gasteiger partial charge is 0.258 e. The fourth-order valence-electron chi connectivity index (χ4n) is 2.21. The van der Waals surface area contributed by atoms with Gasteiger partial charge in [0.15, 0.2) is 6.61 Å². The van der Waals surface area contributed by atoms with E-state index >= 15 is 0 Å². The Kier molecular flexibility index (Phi) is 4.84. The number of amides is 1. The molecule has 1 saturated carbocycles. The summed E-state index contributed by atoms with van der Waals surface area (Å²) in [5.41, 5.74) is -0.417. The zero-order valence-electron chi connectivity index (χ0n) is 11.7. The number of ether oxygens (including phenoxy) is 2. The van der Waals surface area contributed by atoms with Crippen LogP contribution in [0.4, 0.5) is 0 Å². The predicted molar refractivity (Wildman–Crippen MR) is 74.9 cm³/mol. The number of hydrogen-bond donors (Lipinski definition) is 2. The van der Waals surface area contributed by atoms with Crippen molar-refractivity contribution >= 4 is 5.91 Å². The molecule has 1 aromatic carbocycles. The van der Waals surface area contributed by atoms with E-state index in [1.54, 1.807) is 24.3 Å². The van der Waals surface area contributed by atoms with Gasteiger partial charge in [0.1, 0.15) is 11.5 Å². The maximum Gasteiger partial charge on any atom is 0.258 e. The van der Waals surface area contributed by atoms with Crippen LogP contribution in [0.25, 0.3) is 0 Å². The first-order valence-electron chi connectivity index (χ1n) is 6.95. The first kappa shape index (κ1) is 14.7. The van der Waals surface area contributed by atoms with Gasteiger partial charge in [-0.25, -0.2) is 0 Å². The molecular weight excluding hydrogens is 258 g/mol. The second-order valence-electron chi connectivity index (χ2n) is 5.03. The van der Waals surface area contributed by atoms with Gasteiger partial charge < -0.3 is 19.9 Å². The van der Waals surface area contributed by atoms with Crippen LogP contribution < -0.4 is 14.8 Å². The third kappa shape index (κ3) is 3.63. The van der Waals surface area contributed by atoms with Gasteiger partial charge in [0.25, 0.3) is 5.91 Å². The molecule has 1 aliphatic carbocycles. The highest BCUT2D eigenvalue weighted by Crippen LogP contribution is 2.31. The van der Waals surface area contributed by atoms with Gasteiger partial charge in [0.05, 0.1) is 18.8 Å². The van der Waals surface area contributed by atoms with Crippen LogP contribution >= 0.6 is 0 Å². The summed E-state index contributed by atoms with van der Waals surface area (Å²) in [4.78, 5) is 11.8. The Bertz CT molecular complexity index is 434. The minimum atomic E-state index is -0.417. The monoisotopic (exact) mass is 279 g/mol. The Morgan fingerprint density at radius 1 is 1.25 bits per heavy atom. The van der Waals surface area contributed by atoms with Crippen LogP contribution in [0.5, 0.6) is 11.5 Å². The molecule has 0 heterocycles. The fourth-order valence-corrected chi connectivity index (χ4v) is 2.21. The molecule has 0 bridgehead atoms. The van der Waals surface area contributed by atoms with Gasteiger partial charge in [-0.05, 0) is 50.5 Å². The maximum atomic E-state index is 11.8. The van der Waals surface area contributed by atoms with Gasteiger partial charge in [-0.2, -0.15) is 0 Å². The highest BCUT2D eigenvalue weighted by molar-refractivity contribution is 5.78. The van der Waals surface area contributed by atoms with Crippen LogP contribution in [-0.4, -0.2) is 36.4 Å². The lowest BCUT2D eigenvalue weighted by molar-refractivity contribution is -0.127. The van der Waals surface area contributed by atoms with Crippen molar-refractivity contribution < 1.29 is 19.4 Å². The van der Waals surface area contributed by atoms with E-state index in [2.05, 4.69) is 5.32 Å². The highest BCUT2D eigenvalue weighted by atomic mass is 16.5. The van der Waals surface area contributed by atoms with Gasteiger partial charge >= 0.3 is 0 Å². The van der Waals surface area contributed by atoms with Crippen LogP contribution in [0.1, 0.15) is 26.2 Å². The molecule has 110 valence electrons. The molecule has 1 amide bonds. The zero-order chi connectivity index (χ0) is 14.4. The number of aliphatic hydroxyl groups is 1. The summed E-state index contributed by atoms with van der Waals surface area (Å²) in [5, 5.41) is 12.1. The lowest BCUT2D eigenvalue weighted by Gasteiger charge is -2.40. The Balaban J connectivity index is 1.78. The third-order valence-electron chi connectivity index (χ3n) is 3.52. The molecule has 0 radical (unpaired) electrons. The Hall–Kier alpha value is -1.75. The van der Waals surface area contributed by atoms with Crippen LogP contribution in [0.15, 0.2) is 24.3 Å². The Morgan fingerprint density at radius 3 is 2.30 bits per heavy atom. The van der Waals surface area contributed by atoms with Crippen LogP contribution in [0.3, 0.4) is 0 Å². The van der Waals surface area contributed by atoms with Crippen LogP contribution in [0, 0.1) is 0 Å². The molecule has 0 aliphatic heterocycles. The van der Waals surface area contributed by atoms with E-state index < -0.39 is 5.54 Å². The second kappa shape index (κ2) is 6.61. The number of rotatable bonds is 7. The van der Waals surface area contributed by atoms with Gasteiger partial charge in [0, 0.05) is 0 Å². The Morgan fingerprint density at radius 2 is 1.85 bits per heavy atom. The van der Waals surface area contributed by atoms with Crippen molar-refractivity contribution in [2.45, 2.75) is 31.7 Å². The minimum Gasteiger partial charge on any atom is -0.494 e. The summed E-state index contributed by atoms with van der Waals surface area (Å²) in [6.45, 7) is 2.48. The molecule has 0 aromatic heterocycles. The van der Waals surface area contributed by atoms with Crippen molar-refractivity contribution in [3.63, 3.8) is 0 Å². The average molecular weight is 279 g/mol. The van der Waals surface area contributed by atoms with Crippen molar-refractivity contribution in [3.05, 3.63) is 24.3 Å². The Labute approximate surface area is 118 Å². The fraction of sp³-hybridized carbons (Fsp3) is 0.533. The normalized spacial score (nSPS) is 16.1. The van der Waals surface area contributed by atoms with Gasteiger partial charge in [-0.3, -0.25) is 4.79 Å². The van der Waals surface area contributed by atoms with E-state index in [1.807, 2.05) is 6.92 Å². The van der Waals surface area contributed by atoms with E-state index in [0.29, 0.717) is 12.4 Å². The van der Waals surface area contributed by atoms with Crippen LogP contribution in [-0.2, 0) is 4.79 Å². The zero-order valence-corrected chi connectivity index (χ0v) is 11.7. The molecule has 20 heavy (non-hydrogen) atoms. The van der Waals surface area contributed by atoms with E-state index in [1.165, 1.54) is 0 Å². The predicted octanol–water partition coefficient (Wildman–Crippen LogP) is 1.50. The first-order valence-corrected chi connectivity index (χ1v) is 6.95. The first-order chi connectivity index (χ1) is 9.67. The molecule has 2 N–H and O–H groups in total. The van der Waals surface area contributed by atoms with Crippen molar-refractivity contribution in [3.8, 4) is 11.5 Å². The number of carbonyl (C=O) groups is 1. The topological polar surface area (TPSA) is 67.8 Å². The molecule has 1 aliphatic rings. The molecule has 1 aromatic rings. The summed E-state index contributed by atoms with van der Waals surface area (Å²) in [6, 6.07) is 7.14. The standard InChI is InChI=1S/C15H21NO4/c1-2-19-12-4-6-13(7-5-12)20-10-14(18)16-15(11-17)8-3-9-15/h4-7,17H,2-3,8-11H2,1H3,(H,16,18). The highest BCUT2D eigenvalue weighted by Gasteiger charge is 2.37. The van der Waals surface area contributed by atoms with Gasteiger partial charge in [-0.1, -0.05) is 0 Å². The number of hydrogen-bond acceptors (Lipinski definition) is 4. The number of aliphatic hydroxyl groups excluding tert-OH is 1. The van der Waals surface area contributed by atoms with Gasteiger partial charge in [0.2, 0.25) is 0 Å². The van der Waals surface area contributed by atoms with Crippen molar-refractivity contribution in [1.82, 2.24) is 5.32 Å². The molecule has 0 saturated heterocycles. The SMILES string of the molecule is CCOc1ccc(OCC(=O)NC2(CO)CCC2)cc1. The third-order valence-corrected chi connectivity index (χ3v) is 3.52. The van der Waals surface area contributed by atoms with Crippen molar-refractivity contribution in [1.29, 1.82) is 0 Å². The lowest BCUT2D eigenvalue weighted by Crippen LogP contribution is -2.57. The molecule has 0 spiro atoms. The number of carbonyl (C=O) groups excluding carboxylic acids is 1. The van der Waals surface area contributed by atoms with Crippen molar-refractivity contribution in [2.75, 3.05) is 19.8 Å². The largest absolute Gasteiger partial charge is 0.494 e. The molecule has 0 unspecified atom stereocenters. The average Bonchev–Trinajstić information content (AvgIpc) is 2.42. The number of benzene rings is 1. The van der Waals surface area contributed by atoms with Crippen LogP contribution in [0.2, 0.25) is 0 Å². The summed E-state index contributed by atoms with van der Waals surface area (Å²) in [5.74, 6) is 1.20. The molecule has 0 atom stereocenters. The molecule has 5 heteroatoms. The van der Waals surface area contributed by atoms with E-state index in [9.17, 15) is 9.90 Å². The van der Waals surface area contributed by atoms with E-state index in [4.69, 9.17) is 9.47 Å². The minimum absolute atomic E-state index is 0.0121.